The van der Waals surface area contributed by atoms with Crippen LogP contribution in [-0.4, -0.2) is 22.9 Å². The average Bonchev–Trinajstić information content (AvgIpc) is 2.70. The van der Waals surface area contributed by atoms with Gasteiger partial charge in [-0.2, -0.15) is 5.10 Å². The first-order chi connectivity index (χ1) is 9.24. The highest BCUT2D eigenvalue weighted by Crippen LogP contribution is 2.04. The molecule has 3 heteroatoms. The lowest BCUT2D eigenvalue weighted by Gasteiger charge is -2.06. The van der Waals surface area contributed by atoms with Gasteiger partial charge in [0.1, 0.15) is 0 Å². The SMILES string of the molecule is CCCCCCCCNCCCn1nc(C)cc1C. The number of nitrogens with one attached hydrogen (secondary N) is 1. The van der Waals surface area contributed by atoms with E-state index in [0.29, 0.717) is 0 Å². The number of unbranched alkanes of at least 4 members (excludes halogenated alkanes) is 5. The van der Waals surface area contributed by atoms with E-state index in [9.17, 15) is 0 Å². The number of hydrogen-bond donors (Lipinski definition) is 1. The summed E-state index contributed by atoms with van der Waals surface area (Å²) in [7, 11) is 0. The molecule has 0 bridgehead atoms. The summed E-state index contributed by atoms with van der Waals surface area (Å²) in [4.78, 5) is 0. The Morgan fingerprint density at radius 1 is 1.00 bits per heavy atom. The van der Waals surface area contributed by atoms with Crippen LogP contribution >= 0.6 is 0 Å². The van der Waals surface area contributed by atoms with Crippen molar-refractivity contribution in [3.8, 4) is 0 Å². The highest BCUT2D eigenvalue weighted by Gasteiger charge is 1.99. The van der Waals surface area contributed by atoms with Crippen LogP contribution in [0, 0.1) is 13.8 Å². The predicted octanol–water partition coefficient (Wildman–Crippen LogP) is 3.84. The van der Waals surface area contributed by atoms with Crippen molar-refractivity contribution in [2.24, 2.45) is 0 Å². The van der Waals surface area contributed by atoms with Gasteiger partial charge >= 0.3 is 0 Å². The van der Waals surface area contributed by atoms with E-state index in [4.69, 9.17) is 0 Å². The van der Waals surface area contributed by atoms with Crippen molar-refractivity contribution >= 4 is 0 Å². The zero-order chi connectivity index (χ0) is 13.9. The Hall–Kier alpha value is -0.830. The third kappa shape index (κ3) is 7.36. The van der Waals surface area contributed by atoms with E-state index >= 15 is 0 Å². The fourth-order valence-corrected chi connectivity index (χ4v) is 2.41. The zero-order valence-electron chi connectivity index (χ0n) is 13.0. The Bertz CT molecular complexity index is 331. The molecule has 0 aromatic carbocycles. The lowest BCUT2D eigenvalue weighted by atomic mass is 10.1. The summed E-state index contributed by atoms with van der Waals surface area (Å²) in [5.41, 5.74) is 2.39. The molecular weight excluding hydrogens is 234 g/mol. The van der Waals surface area contributed by atoms with E-state index in [2.05, 4.69) is 41.9 Å². The van der Waals surface area contributed by atoms with Crippen LogP contribution < -0.4 is 5.32 Å². The Balaban J connectivity index is 1.90. The predicted molar refractivity (Wildman–Crippen MR) is 82.6 cm³/mol. The van der Waals surface area contributed by atoms with Crippen molar-refractivity contribution in [2.75, 3.05) is 13.1 Å². The first kappa shape index (κ1) is 16.2. The second-order valence-electron chi connectivity index (χ2n) is 5.52. The molecule has 0 fully saturated rings. The van der Waals surface area contributed by atoms with Gasteiger partial charge in [0, 0.05) is 12.2 Å². The van der Waals surface area contributed by atoms with Crippen molar-refractivity contribution in [2.45, 2.75) is 72.3 Å². The summed E-state index contributed by atoms with van der Waals surface area (Å²) in [6.45, 7) is 9.76. The Labute approximate surface area is 118 Å². The molecule has 1 rings (SSSR count). The molecule has 0 saturated carbocycles. The summed E-state index contributed by atoms with van der Waals surface area (Å²) >= 11 is 0. The van der Waals surface area contributed by atoms with E-state index in [1.165, 1.54) is 50.8 Å². The minimum Gasteiger partial charge on any atom is -0.317 e. The maximum absolute atomic E-state index is 4.47. The molecule has 0 aliphatic carbocycles. The Morgan fingerprint density at radius 2 is 1.68 bits per heavy atom. The van der Waals surface area contributed by atoms with Crippen molar-refractivity contribution in [1.29, 1.82) is 0 Å². The molecule has 110 valence electrons. The van der Waals surface area contributed by atoms with Crippen molar-refractivity contribution in [3.63, 3.8) is 0 Å². The smallest absolute Gasteiger partial charge is 0.0596 e. The fraction of sp³-hybridized carbons (Fsp3) is 0.812. The largest absolute Gasteiger partial charge is 0.317 e. The van der Waals surface area contributed by atoms with Crippen molar-refractivity contribution in [1.82, 2.24) is 15.1 Å². The number of nitrogens with zero attached hydrogens (tertiary/aromatic N) is 2. The van der Waals surface area contributed by atoms with Gasteiger partial charge in [0.05, 0.1) is 5.69 Å². The van der Waals surface area contributed by atoms with Crippen LogP contribution in [0.5, 0.6) is 0 Å². The highest BCUT2D eigenvalue weighted by molar-refractivity contribution is 5.06. The molecule has 0 spiro atoms. The van der Waals surface area contributed by atoms with E-state index in [1.807, 2.05) is 0 Å². The molecule has 0 radical (unpaired) electrons. The highest BCUT2D eigenvalue weighted by atomic mass is 15.3. The monoisotopic (exact) mass is 265 g/mol. The first-order valence-corrected chi connectivity index (χ1v) is 7.96. The van der Waals surface area contributed by atoms with Gasteiger partial charge in [0.25, 0.3) is 0 Å². The van der Waals surface area contributed by atoms with E-state index in [1.54, 1.807) is 0 Å². The summed E-state index contributed by atoms with van der Waals surface area (Å²) in [5.74, 6) is 0. The maximum Gasteiger partial charge on any atom is 0.0596 e. The van der Waals surface area contributed by atoms with Crippen LogP contribution in [0.1, 0.15) is 63.3 Å². The molecule has 1 N–H and O–H groups in total. The van der Waals surface area contributed by atoms with Crippen LogP contribution in [0.4, 0.5) is 0 Å². The lowest BCUT2D eigenvalue weighted by molar-refractivity contribution is 0.518. The minimum absolute atomic E-state index is 1.03. The fourth-order valence-electron chi connectivity index (χ4n) is 2.41. The Morgan fingerprint density at radius 3 is 2.37 bits per heavy atom. The summed E-state index contributed by atoms with van der Waals surface area (Å²) in [6.07, 6.45) is 9.42. The minimum atomic E-state index is 1.03. The summed E-state index contributed by atoms with van der Waals surface area (Å²) in [6, 6.07) is 2.14. The van der Waals surface area contributed by atoms with E-state index in [-0.39, 0.29) is 0 Å². The van der Waals surface area contributed by atoms with Gasteiger partial charge in [-0.15, -0.1) is 0 Å². The third-order valence-corrected chi connectivity index (χ3v) is 3.53. The quantitative estimate of drug-likeness (QED) is 0.616. The molecule has 1 aromatic heterocycles. The zero-order valence-corrected chi connectivity index (χ0v) is 13.0. The summed E-state index contributed by atoms with van der Waals surface area (Å²) in [5, 5.41) is 8.01. The molecule has 1 heterocycles. The average molecular weight is 265 g/mol. The van der Waals surface area contributed by atoms with Gasteiger partial charge in [0.2, 0.25) is 0 Å². The molecule has 19 heavy (non-hydrogen) atoms. The molecule has 0 amide bonds. The van der Waals surface area contributed by atoms with Crippen LogP contribution in [0.15, 0.2) is 6.07 Å². The number of aryl methyl sites for hydroxylation is 3. The molecule has 0 aliphatic heterocycles. The molecule has 1 aromatic rings. The number of rotatable bonds is 11. The van der Waals surface area contributed by atoms with E-state index < -0.39 is 0 Å². The molecular formula is C16H31N3. The van der Waals surface area contributed by atoms with Gasteiger partial charge in [-0.05, 0) is 45.8 Å². The van der Waals surface area contributed by atoms with Crippen LogP contribution in [0.2, 0.25) is 0 Å². The van der Waals surface area contributed by atoms with Crippen LogP contribution in [0.3, 0.4) is 0 Å². The third-order valence-electron chi connectivity index (χ3n) is 3.53. The van der Waals surface area contributed by atoms with Crippen molar-refractivity contribution < 1.29 is 0 Å². The number of hydrogen-bond acceptors (Lipinski definition) is 2. The van der Waals surface area contributed by atoms with Crippen LogP contribution in [0.25, 0.3) is 0 Å². The molecule has 0 aliphatic rings. The van der Waals surface area contributed by atoms with Crippen molar-refractivity contribution in [3.05, 3.63) is 17.5 Å². The maximum atomic E-state index is 4.47. The standard InChI is InChI=1S/C16H31N3/c1-4-5-6-7-8-9-11-17-12-10-13-19-16(3)14-15(2)18-19/h14,17H,4-13H2,1-3H3. The summed E-state index contributed by atoms with van der Waals surface area (Å²) < 4.78 is 2.11. The van der Waals surface area contributed by atoms with Gasteiger partial charge in [-0.3, -0.25) is 4.68 Å². The second kappa shape index (κ2) is 10.0. The van der Waals surface area contributed by atoms with Gasteiger partial charge in [-0.25, -0.2) is 0 Å². The Kier molecular flexibility index (Phi) is 8.55. The topological polar surface area (TPSA) is 29.9 Å². The van der Waals surface area contributed by atoms with Crippen LogP contribution in [-0.2, 0) is 6.54 Å². The lowest BCUT2D eigenvalue weighted by Crippen LogP contribution is -2.18. The number of aromatic nitrogens is 2. The molecule has 0 unspecified atom stereocenters. The molecule has 3 nitrogen and oxygen atoms in total. The second-order valence-corrected chi connectivity index (χ2v) is 5.52. The normalized spacial score (nSPS) is 11.1. The molecule has 0 saturated heterocycles. The van der Waals surface area contributed by atoms with Gasteiger partial charge in [0.15, 0.2) is 0 Å². The molecule has 0 atom stereocenters. The van der Waals surface area contributed by atoms with Gasteiger partial charge < -0.3 is 5.32 Å². The first-order valence-electron chi connectivity index (χ1n) is 7.96. The van der Waals surface area contributed by atoms with Gasteiger partial charge in [-0.1, -0.05) is 39.0 Å². The van der Waals surface area contributed by atoms with E-state index in [0.717, 1.165) is 25.2 Å².